The van der Waals surface area contributed by atoms with Crippen molar-refractivity contribution in [2.75, 3.05) is 0 Å². The van der Waals surface area contributed by atoms with Crippen molar-refractivity contribution in [2.24, 2.45) is 0 Å². The number of pyridine rings is 3. The van der Waals surface area contributed by atoms with Crippen LogP contribution < -0.4 is 9.47 Å². The van der Waals surface area contributed by atoms with E-state index in [4.69, 9.17) is 14.5 Å². The highest BCUT2D eigenvalue weighted by Crippen LogP contribution is 2.33. The van der Waals surface area contributed by atoms with Crippen LogP contribution in [0.5, 0.6) is 11.5 Å². The highest BCUT2D eigenvalue weighted by molar-refractivity contribution is 7.15. The van der Waals surface area contributed by atoms with Gasteiger partial charge in [-0.1, -0.05) is 84.0 Å². The SMILES string of the molecule is CCCCCCCCCCCCCCCc1ccc(-c2ccnc(-c3cc(OC=O)cc(-c4cc(OC=O)ccn4)n3)c2)s1. The lowest BCUT2D eigenvalue weighted by atomic mass is 10.0. The monoisotopic (exact) mass is 613 g/mol. The number of carbonyl (C=O) groups is 2. The van der Waals surface area contributed by atoms with Crippen LogP contribution in [-0.2, 0) is 16.0 Å². The third-order valence-electron chi connectivity index (χ3n) is 7.66. The molecular formula is C36H43N3O4S. The molecule has 0 amide bonds. The standard InChI is InChI=1S/C36H43N3O4S/c1-2-3-4-5-6-7-8-9-10-11-12-13-14-15-31-16-17-36(44-31)28-18-20-37-32(22-28)34-24-30(43-27-41)25-35(39-34)33-23-29(42-26-40)19-21-38-33/h16-27H,2-15H2,1H3. The Bertz CT molecular complexity index is 1450. The molecule has 0 aliphatic heterocycles. The number of nitrogens with zero attached hydrogens (tertiary/aromatic N) is 3. The number of aryl methyl sites for hydroxylation is 1. The summed E-state index contributed by atoms with van der Waals surface area (Å²) in [5.41, 5.74) is 3.16. The van der Waals surface area contributed by atoms with Gasteiger partial charge in [0.2, 0.25) is 0 Å². The lowest BCUT2D eigenvalue weighted by Crippen LogP contribution is -1.97. The van der Waals surface area contributed by atoms with Crippen molar-refractivity contribution >= 4 is 24.3 Å². The van der Waals surface area contributed by atoms with Crippen LogP contribution in [0.15, 0.2) is 60.9 Å². The zero-order chi connectivity index (χ0) is 30.8. The van der Waals surface area contributed by atoms with Crippen molar-refractivity contribution < 1.29 is 19.1 Å². The number of aromatic nitrogens is 3. The molecule has 4 rings (SSSR count). The molecule has 0 N–H and O–H groups in total. The van der Waals surface area contributed by atoms with Crippen molar-refractivity contribution in [3.63, 3.8) is 0 Å². The normalized spacial score (nSPS) is 10.9. The molecule has 0 atom stereocenters. The molecule has 0 bridgehead atoms. The van der Waals surface area contributed by atoms with E-state index in [-0.39, 0.29) is 0 Å². The van der Waals surface area contributed by atoms with E-state index in [0.717, 1.165) is 12.0 Å². The first-order valence-corrected chi connectivity index (χ1v) is 16.8. The Kier molecular flexibility index (Phi) is 14.0. The highest BCUT2D eigenvalue weighted by atomic mass is 32.1. The Balaban J connectivity index is 1.30. The predicted octanol–water partition coefficient (Wildman–Crippen LogP) is 9.64. The summed E-state index contributed by atoms with van der Waals surface area (Å²) in [6, 6.07) is 14.9. The molecule has 44 heavy (non-hydrogen) atoms. The maximum Gasteiger partial charge on any atom is 0.298 e. The largest absolute Gasteiger partial charge is 0.429 e. The molecule has 4 aromatic rings. The van der Waals surface area contributed by atoms with Gasteiger partial charge in [0.1, 0.15) is 11.5 Å². The Hall–Kier alpha value is -3.91. The Labute approximate surface area is 265 Å². The molecule has 232 valence electrons. The zero-order valence-corrected chi connectivity index (χ0v) is 26.5. The number of rotatable bonds is 21. The van der Waals surface area contributed by atoms with E-state index in [9.17, 15) is 9.59 Å². The van der Waals surface area contributed by atoms with Gasteiger partial charge in [-0.25, -0.2) is 4.98 Å². The summed E-state index contributed by atoms with van der Waals surface area (Å²) >= 11 is 1.82. The van der Waals surface area contributed by atoms with E-state index >= 15 is 0 Å². The van der Waals surface area contributed by atoms with Gasteiger partial charge in [0.05, 0.1) is 22.8 Å². The van der Waals surface area contributed by atoms with Gasteiger partial charge in [-0.2, -0.15) is 0 Å². The summed E-state index contributed by atoms with van der Waals surface area (Å²) in [5.74, 6) is 0.648. The summed E-state index contributed by atoms with van der Waals surface area (Å²) in [5, 5.41) is 0. The predicted molar refractivity (Wildman–Crippen MR) is 177 cm³/mol. The van der Waals surface area contributed by atoms with Crippen molar-refractivity contribution in [1.82, 2.24) is 15.0 Å². The topological polar surface area (TPSA) is 91.3 Å². The first-order valence-electron chi connectivity index (χ1n) is 15.9. The molecule has 0 saturated carbocycles. The van der Waals surface area contributed by atoms with Crippen LogP contribution in [-0.4, -0.2) is 27.9 Å². The molecule has 0 spiro atoms. The molecule has 0 aromatic carbocycles. The maximum atomic E-state index is 11.1. The molecule has 4 aromatic heterocycles. The van der Waals surface area contributed by atoms with Gasteiger partial charge in [0.25, 0.3) is 12.9 Å². The molecule has 0 saturated heterocycles. The number of hydrogen-bond acceptors (Lipinski definition) is 8. The van der Waals surface area contributed by atoms with Gasteiger partial charge in [0, 0.05) is 40.3 Å². The minimum absolute atomic E-state index is 0.312. The van der Waals surface area contributed by atoms with Gasteiger partial charge in [0.15, 0.2) is 0 Å². The number of carbonyl (C=O) groups excluding carboxylic acids is 2. The third kappa shape index (κ3) is 10.7. The minimum Gasteiger partial charge on any atom is -0.429 e. The lowest BCUT2D eigenvalue weighted by Gasteiger charge is -2.09. The van der Waals surface area contributed by atoms with Crippen LogP contribution >= 0.6 is 11.3 Å². The molecular weight excluding hydrogens is 570 g/mol. The molecule has 8 heteroatoms. The van der Waals surface area contributed by atoms with Crippen LogP contribution in [0, 0.1) is 0 Å². The molecule has 0 fully saturated rings. The van der Waals surface area contributed by atoms with E-state index in [1.165, 1.54) is 99.4 Å². The van der Waals surface area contributed by atoms with Crippen molar-refractivity contribution in [3.8, 4) is 44.7 Å². The Morgan fingerprint density at radius 2 is 1.16 bits per heavy atom. The quantitative estimate of drug-likeness (QED) is 0.0682. The lowest BCUT2D eigenvalue weighted by molar-refractivity contribution is -0.121. The molecule has 0 aliphatic rings. The highest BCUT2D eigenvalue weighted by Gasteiger charge is 2.13. The number of thiophene rings is 1. The van der Waals surface area contributed by atoms with Gasteiger partial charge < -0.3 is 9.47 Å². The summed E-state index contributed by atoms with van der Waals surface area (Å²) in [4.78, 5) is 38.1. The summed E-state index contributed by atoms with van der Waals surface area (Å²) in [6.07, 6.45) is 22.1. The van der Waals surface area contributed by atoms with E-state index in [1.54, 1.807) is 30.5 Å². The van der Waals surface area contributed by atoms with Gasteiger partial charge in [-0.3, -0.25) is 19.6 Å². The fourth-order valence-corrected chi connectivity index (χ4v) is 6.33. The van der Waals surface area contributed by atoms with Crippen LogP contribution in [0.25, 0.3) is 33.2 Å². The second-order valence-electron chi connectivity index (χ2n) is 11.1. The second-order valence-corrected chi connectivity index (χ2v) is 12.2. The van der Waals surface area contributed by atoms with E-state index in [2.05, 4.69) is 29.0 Å². The van der Waals surface area contributed by atoms with Crippen LogP contribution in [0.1, 0.15) is 95.3 Å². The van der Waals surface area contributed by atoms with Crippen molar-refractivity contribution in [1.29, 1.82) is 0 Å². The van der Waals surface area contributed by atoms with Crippen LogP contribution in [0.3, 0.4) is 0 Å². The summed E-state index contributed by atoms with van der Waals surface area (Å²) in [7, 11) is 0. The molecule has 0 radical (unpaired) electrons. The molecule has 4 heterocycles. The van der Waals surface area contributed by atoms with Crippen LogP contribution in [0.2, 0.25) is 0 Å². The van der Waals surface area contributed by atoms with E-state index in [0.29, 0.717) is 47.2 Å². The molecule has 7 nitrogen and oxygen atoms in total. The van der Waals surface area contributed by atoms with E-state index in [1.807, 2.05) is 23.5 Å². The van der Waals surface area contributed by atoms with Crippen molar-refractivity contribution in [3.05, 3.63) is 65.8 Å². The van der Waals surface area contributed by atoms with Gasteiger partial charge in [-0.15, -0.1) is 11.3 Å². The van der Waals surface area contributed by atoms with Crippen LogP contribution in [0.4, 0.5) is 0 Å². The second kappa shape index (κ2) is 18.7. The average molecular weight is 614 g/mol. The Morgan fingerprint density at radius 1 is 0.614 bits per heavy atom. The summed E-state index contributed by atoms with van der Waals surface area (Å²) < 4.78 is 10.1. The average Bonchev–Trinajstić information content (AvgIpc) is 3.53. The molecule has 0 unspecified atom stereocenters. The van der Waals surface area contributed by atoms with Gasteiger partial charge in [-0.05, 0) is 48.7 Å². The Morgan fingerprint density at radius 3 is 1.80 bits per heavy atom. The smallest absolute Gasteiger partial charge is 0.298 e. The number of ether oxygens (including phenoxy) is 2. The maximum absolute atomic E-state index is 11.1. The fourth-order valence-electron chi connectivity index (χ4n) is 5.28. The van der Waals surface area contributed by atoms with Gasteiger partial charge >= 0.3 is 0 Å². The fraction of sp³-hybridized carbons (Fsp3) is 0.417. The van der Waals surface area contributed by atoms with Crippen molar-refractivity contribution in [2.45, 2.75) is 96.8 Å². The number of unbranched alkanes of at least 4 members (excludes halogenated alkanes) is 12. The first-order chi connectivity index (χ1) is 21.7. The minimum atomic E-state index is 0.312. The zero-order valence-electron chi connectivity index (χ0n) is 25.7. The molecule has 0 aliphatic carbocycles. The summed E-state index contributed by atoms with van der Waals surface area (Å²) in [6.45, 7) is 3.00. The third-order valence-corrected chi connectivity index (χ3v) is 8.85. The van der Waals surface area contributed by atoms with E-state index < -0.39 is 0 Å². The number of hydrogen-bond donors (Lipinski definition) is 0. The first kappa shape index (κ1) is 33.0.